The number of benzene rings is 1. The van der Waals surface area contributed by atoms with Crippen LogP contribution in [0, 0.1) is 0 Å². The minimum Gasteiger partial charge on any atom is -0.224 e. The van der Waals surface area contributed by atoms with Crippen LogP contribution in [0.1, 0.15) is 19.4 Å². The predicted octanol–water partition coefficient (Wildman–Crippen LogP) is 1.75. The zero-order valence-electron chi connectivity index (χ0n) is 7.74. The van der Waals surface area contributed by atoms with E-state index in [4.69, 9.17) is 0 Å². The molecule has 1 aromatic carbocycles. The number of hydrogen-bond donors (Lipinski definition) is 0. The third kappa shape index (κ3) is 1.18. The largest absolute Gasteiger partial charge is 0.224 e. The molecule has 0 amide bonds. The van der Waals surface area contributed by atoms with Gasteiger partial charge in [-0.25, -0.2) is 8.42 Å². The fourth-order valence-corrected chi connectivity index (χ4v) is 4.15. The Morgan fingerprint density at radius 3 is 2.46 bits per heavy atom. The van der Waals surface area contributed by atoms with Crippen molar-refractivity contribution < 1.29 is 8.42 Å². The maximum atomic E-state index is 11.7. The zero-order chi connectivity index (χ0) is 9.69. The number of hydrogen-bond acceptors (Lipinski definition) is 2. The molecule has 13 heavy (non-hydrogen) atoms. The Bertz CT molecular complexity index is 444. The number of rotatable bonds is 0. The van der Waals surface area contributed by atoms with E-state index in [-0.39, 0.29) is 11.2 Å². The maximum absolute atomic E-state index is 11.7. The summed E-state index contributed by atoms with van der Waals surface area (Å²) >= 11 is 0. The van der Waals surface area contributed by atoms with Crippen LogP contribution >= 0.6 is 0 Å². The maximum Gasteiger partial charge on any atom is 0.179 e. The lowest BCUT2D eigenvalue weighted by Crippen LogP contribution is -2.18. The van der Waals surface area contributed by atoms with Crippen LogP contribution in [0.4, 0.5) is 0 Å². The third-order valence-corrected chi connectivity index (χ3v) is 4.63. The molecule has 0 N–H and O–H groups in total. The van der Waals surface area contributed by atoms with Crippen LogP contribution in [0.5, 0.6) is 0 Å². The molecule has 0 atom stereocenters. The van der Waals surface area contributed by atoms with E-state index in [9.17, 15) is 8.42 Å². The molecule has 0 aromatic heterocycles. The van der Waals surface area contributed by atoms with Gasteiger partial charge in [0.25, 0.3) is 0 Å². The standard InChI is InChI=1S/C10H12O2S/c1-10(2)7-13(11,12)9-6-4-3-5-8(9)10/h3-6H,7H2,1-2H3. The molecule has 1 aliphatic rings. The highest BCUT2D eigenvalue weighted by Crippen LogP contribution is 2.38. The molecular weight excluding hydrogens is 184 g/mol. The van der Waals surface area contributed by atoms with Crippen molar-refractivity contribution in [3.63, 3.8) is 0 Å². The Hall–Kier alpha value is -0.830. The lowest BCUT2D eigenvalue weighted by molar-refractivity contribution is 0.572. The summed E-state index contributed by atoms with van der Waals surface area (Å²) < 4.78 is 23.3. The van der Waals surface area contributed by atoms with E-state index in [1.54, 1.807) is 12.1 Å². The molecule has 0 saturated carbocycles. The minimum absolute atomic E-state index is 0.227. The van der Waals surface area contributed by atoms with E-state index in [2.05, 4.69) is 0 Å². The third-order valence-electron chi connectivity index (χ3n) is 2.50. The van der Waals surface area contributed by atoms with Crippen LogP contribution in [0.25, 0.3) is 0 Å². The van der Waals surface area contributed by atoms with E-state index < -0.39 is 9.84 Å². The van der Waals surface area contributed by atoms with Gasteiger partial charge in [0.05, 0.1) is 10.6 Å². The van der Waals surface area contributed by atoms with Crippen molar-refractivity contribution in [2.75, 3.05) is 5.75 Å². The van der Waals surface area contributed by atoms with Gasteiger partial charge in [-0.1, -0.05) is 32.0 Å². The fraction of sp³-hybridized carbons (Fsp3) is 0.400. The van der Waals surface area contributed by atoms with Crippen LogP contribution in [0.15, 0.2) is 29.2 Å². The molecule has 1 aliphatic heterocycles. The van der Waals surface area contributed by atoms with E-state index in [0.29, 0.717) is 4.90 Å². The lowest BCUT2D eigenvalue weighted by atomic mass is 9.87. The van der Waals surface area contributed by atoms with Crippen molar-refractivity contribution in [2.45, 2.75) is 24.2 Å². The molecule has 0 spiro atoms. The summed E-state index contributed by atoms with van der Waals surface area (Å²) in [6.45, 7) is 3.94. The van der Waals surface area contributed by atoms with Gasteiger partial charge < -0.3 is 0 Å². The molecular formula is C10H12O2S. The minimum atomic E-state index is -3.01. The predicted molar refractivity (Wildman–Crippen MR) is 51.5 cm³/mol. The Kier molecular flexibility index (Phi) is 1.58. The smallest absolute Gasteiger partial charge is 0.179 e. The van der Waals surface area contributed by atoms with Crippen molar-refractivity contribution in [1.82, 2.24) is 0 Å². The normalized spacial score (nSPS) is 22.6. The van der Waals surface area contributed by atoms with Gasteiger partial charge in [-0.15, -0.1) is 0 Å². The second kappa shape index (κ2) is 2.35. The summed E-state index contributed by atoms with van der Waals surface area (Å²) in [5.74, 6) is 0.235. The van der Waals surface area contributed by atoms with Crippen molar-refractivity contribution in [3.8, 4) is 0 Å². The molecule has 1 aromatic rings. The van der Waals surface area contributed by atoms with Gasteiger partial charge in [0.2, 0.25) is 0 Å². The SMILES string of the molecule is CC1(C)CS(=O)(=O)c2ccccc21. The highest BCUT2D eigenvalue weighted by Gasteiger charge is 2.39. The summed E-state index contributed by atoms with van der Waals surface area (Å²) in [4.78, 5) is 0.514. The summed E-state index contributed by atoms with van der Waals surface area (Å²) in [5, 5.41) is 0. The molecule has 0 saturated heterocycles. The van der Waals surface area contributed by atoms with Crippen molar-refractivity contribution in [3.05, 3.63) is 29.8 Å². The molecule has 3 heteroatoms. The molecule has 70 valence electrons. The Morgan fingerprint density at radius 1 is 1.23 bits per heavy atom. The summed E-state index contributed by atoms with van der Waals surface area (Å²) in [6, 6.07) is 7.26. The van der Waals surface area contributed by atoms with Crippen LogP contribution in [-0.2, 0) is 15.3 Å². The molecule has 0 unspecified atom stereocenters. The topological polar surface area (TPSA) is 34.1 Å². The quantitative estimate of drug-likeness (QED) is 0.633. The number of sulfone groups is 1. The molecule has 0 radical (unpaired) electrons. The second-order valence-corrected chi connectivity index (χ2v) is 6.10. The van der Waals surface area contributed by atoms with E-state index in [1.807, 2.05) is 26.0 Å². The summed E-state index contributed by atoms with van der Waals surface area (Å²) in [7, 11) is -3.01. The van der Waals surface area contributed by atoms with Gasteiger partial charge in [0.1, 0.15) is 0 Å². The van der Waals surface area contributed by atoms with Crippen molar-refractivity contribution in [1.29, 1.82) is 0 Å². The first kappa shape index (κ1) is 8.75. The monoisotopic (exact) mass is 196 g/mol. The lowest BCUT2D eigenvalue weighted by Gasteiger charge is -2.15. The Morgan fingerprint density at radius 2 is 1.85 bits per heavy atom. The van der Waals surface area contributed by atoms with Gasteiger partial charge in [-0.05, 0) is 11.6 Å². The second-order valence-electron chi connectivity index (χ2n) is 4.14. The van der Waals surface area contributed by atoms with Gasteiger partial charge >= 0.3 is 0 Å². The molecule has 1 heterocycles. The highest BCUT2D eigenvalue weighted by molar-refractivity contribution is 7.91. The number of fused-ring (bicyclic) bond motifs is 1. The molecule has 0 fully saturated rings. The molecule has 2 nitrogen and oxygen atoms in total. The van der Waals surface area contributed by atoms with Crippen LogP contribution in [0.3, 0.4) is 0 Å². The van der Waals surface area contributed by atoms with E-state index in [0.717, 1.165) is 5.56 Å². The van der Waals surface area contributed by atoms with Crippen LogP contribution in [0.2, 0.25) is 0 Å². The van der Waals surface area contributed by atoms with Crippen molar-refractivity contribution >= 4 is 9.84 Å². The Balaban J connectivity index is 2.79. The van der Waals surface area contributed by atoms with Gasteiger partial charge in [-0.3, -0.25) is 0 Å². The van der Waals surface area contributed by atoms with E-state index in [1.165, 1.54) is 0 Å². The first-order valence-electron chi connectivity index (χ1n) is 4.26. The summed E-state index contributed by atoms with van der Waals surface area (Å²) in [5.41, 5.74) is 0.727. The first-order valence-corrected chi connectivity index (χ1v) is 5.91. The van der Waals surface area contributed by atoms with Gasteiger partial charge in [0, 0.05) is 5.41 Å². The summed E-state index contributed by atoms with van der Waals surface area (Å²) in [6.07, 6.45) is 0. The average molecular weight is 196 g/mol. The Labute approximate surface area is 78.5 Å². The molecule has 0 bridgehead atoms. The average Bonchev–Trinajstić information content (AvgIpc) is 2.20. The van der Waals surface area contributed by atoms with Crippen LogP contribution in [-0.4, -0.2) is 14.2 Å². The van der Waals surface area contributed by atoms with Gasteiger partial charge in [0.15, 0.2) is 9.84 Å². The molecule has 0 aliphatic carbocycles. The van der Waals surface area contributed by atoms with Crippen molar-refractivity contribution in [2.24, 2.45) is 0 Å². The molecule has 2 rings (SSSR count). The fourth-order valence-electron chi connectivity index (χ4n) is 1.93. The van der Waals surface area contributed by atoms with Crippen LogP contribution < -0.4 is 0 Å². The zero-order valence-corrected chi connectivity index (χ0v) is 8.56. The van der Waals surface area contributed by atoms with E-state index >= 15 is 0 Å². The van der Waals surface area contributed by atoms with Gasteiger partial charge in [-0.2, -0.15) is 0 Å². The highest BCUT2D eigenvalue weighted by atomic mass is 32.2. The first-order chi connectivity index (χ1) is 5.93.